The standard InChI is InChI=1S/C10H11ClN2O3/c1-5-3-10(12,9(14)15)7-2-6(11)4-13-8(7)16-5/h2,4-5H,3,12H2,1H3,(H,14,15). The molecule has 1 aromatic rings. The van der Waals surface area contributed by atoms with E-state index in [1.54, 1.807) is 6.92 Å². The highest BCUT2D eigenvalue weighted by Crippen LogP contribution is 2.37. The summed E-state index contributed by atoms with van der Waals surface area (Å²) in [5, 5.41) is 9.54. The van der Waals surface area contributed by atoms with Crippen LogP contribution in [-0.2, 0) is 10.3 Å². The van der Waals surface area contributed by atoms with Crippen LogP contribution in [0.4, 0.5) is 0 Å². The molecule has 2 heterocycles. The molecule has 0 aliphatic carbocycles. The zero-order valence-corrected chi connectivity index (χ0v) is 9.36. The van der Waals surface area contributed by atoms with E-state index in [1.807, 2.05) is 0 Å². The molecule has 2 atom stereocenters. The topological polar surface area (TPSA) is 85.4 Å². The van der Waals surface area contributed by atoms with Crippen molar-refractivity contribution in [3.8, 4) is 5.88 Å². The number of halogens is 1. The second-order valence-electron chi connectivity index (χ2n) is 3.92. The molecule has 0 bridgehead atoms. The van der Waals surface area contributed by atoms with Gasteiger partial charge in [0.15, 0.2) is 0 Å². The second-order valence-corrected chi connectivity index (χ2v) is 4.35. The Hall–Kier alpha value is -1.33. The summed E-state index contributed by atoms with van der Waals surface area (Å²) in [5.74, 6) is -0.860. The molecule has 86 valence electrons. The average Bonchev–Trinajstić information content (AvgIpc) is 2.19. The fourth-order valence-electron chi connectivity index (χ4n) is 1.84. The van der Waals surface area contributed by atoms with Gasteiger partial charge in [0.2, 0.25) is 5.88 Å². The fourth-order valence-corrected chi connectivity index (χ4v) is 2.00. The van der Waals surface area contributed by atoms with Crippen LogP contribution in [0.25, 0.3) is 0 Å². The zero-order chi connectivity index (χ0) is 11.9. The van der Waals surface area contributed by atoms with Gasteiger partial charge in [-0.2, -0.15) is 0 Å². The summed E-state index contributed by atoms with van der Waals surface area (Å²) in [5.41, 5.74) is 4.74. The molecule has 1 aliphatic rings. The predicted molar refractivity (Wildman–Crippen MR) is 57.5 cm³/mol. The molecule has 0 fully saturated rings. The molecule has 3 N–H and O–H groups in total. The van der Waals surface area contributed by atoms with Crippen molar-refractivity contribution in [3.05, 3.63) is 22.8 Å². The van der Waals surface area contributed by atoms with E-state index in [4.69, 9.17) is 22.1 Å². The second kappa shape index (κ2) is 3.61. The maximum atomic E-state index is 11.2. The van der Waals surface area contributed by atoms with E-state index in [0.717, 1.165) is 0 Å². The van der Waals surface area contributed by atoms with Crippen LogP contribution in [0, 0.1) is 0 Å². The Morgan fingerprint density at radius 3 is 3.12 bits per heavy atom. The van der Waals surface area contributed by atoms with Gasteiger partial charge < -0.3 is 15.6 Å². The monoisotopic (exact) mass is 242 g/mol. The highest BCUT2D eigenvalue weighted by molar-refractivity contribution is 6.30. The minimum atomic E-state index is -1.48. The molecular formula is C10H11ClN2O3. The fraction of sp³-hybridized carbons (Fsp3) is 0.400. The van der Waals surface area contributed by atoms with Crippen LogP contribution in [-0.4, -0.2) is 22.2 Å². The van der Waals surface area contributed by atoms with Gasteiger partial charge in [-0.25, -0.2) is 9.78 Å². The van der Waals surface area contributed by atoms with Gasteiger partial charge in [-0.1, -0.05) is 11.6 Å². The highest BCUT2D eigenvalue weighted by Gasteiger charge is 2.44. The molecule has 0 saturated carbocycles. The number of carbonyl (C=O) groups is 1. The normalized spacial score (nSPS) is 28.1. The van der Waals surface area contributed by atoms with Crippen LogP contribution in [0.1, 0.15) is 18.9 Å². The summed E-state index contributed by atoms with van der Waals surface area (Å²) in [4.78, 5) is 15.2. The van der Waals surface area contributed by atoms with Crippen LogP contribution < -0.4 is 10.5 Å². The maximum absolute atomic E-state index is 11.2. The van der Waals surface area contributed by atoms with Crippen LogP contribution in [0.15, 0.2) is 12.3 Å². The number of carboxylic acids is 1. The number of pyridine rings is 1. The lowest BCUT2D eigenvalue weighted by atomic mass is 9.84. The lowest BCUT2D eigenvalue weighted by molar-refractivity contribution is -0.145. The molecule has 0 amide bonds. The SMILES string of the molecule is CC1CC(N)(C(=O)O)c2cc(Cl)cnc2O1. The Morgan fingerprint density at radius 2 is 2.50 bits per heavy atom. The van der Waals surface area contributed by atoms with E-state index in [-0.39, 0.29) is 18.4 Å². The minimum absolute atomic E-state index is 0.192. The summed E-state index contributed by atoms with van der Waals surface area (Å²) in [7, 11) is 0. The molecule has 0 aromatic carbocycles. The molecule has 6 heteroatoms. The van der Waals surface area contributed by atoms with E-state index in [9.17, 15) is 9.90 Å². The van der Waals surface area contributed by atoms with Crippen LogP contribution >= 0.6 is 11.6 Å². The van der Waals surface area contributed by atoms with Crippen molar-refractivity contribution >= 4 is 17.6 Å². The first kappa shape index (κ1) is 11.2. The van der Waals surface area contributed by atoms with Gasteiger partial charge in [0.25, 0.3) is 0 Å². The van der Waals surface area contributed by atoms with Gasteiger partial charge in [0.05, 0.1) is 5.02 Å². The van der Waals surface area contributed by atoms with Crippen LogP contribution in [0.2, 0.25) is 5.02 Å². The molecule has 5 nitrogen and oxygen atoms in total. The number of nitrogens with zero attached hydrogens (tertiary/aromatic N) is 1. The van der Waals surface area contributed by atoms with Gasteiger partial charge in [-0.05, 0) is 13.0 Å². The number of hydrogen-bond acceptors (Lipinski definition) is 4. The first-order valence-corrected chi connectivity index (χ1v) is 5.16. The summed E-state index contributed by atoms with van der Waals surface area (Å²) >= 11 is 5.78. The minimum Gasteiger partial charge on any atom is -0.480 e. The van der Waals surface area contributed by atoms with Crippen molar-refractivity contribution in [2.45, 2.75) is 25.0 Å². The Labute approximate surface area is 97.2 Å². The third-order valence-electron chi connectivity index (χ3n) is 2.60. The van der Waals surface area contributed by atoms with Gasteiger partial charge in [-0.15, -0.1) is 0 Å². The predicted octanol–water partition coefficient (Wildman–Crippen LogP) is 1.14. The largest absolute Gasteiger partial charge is 0.480 e. The molecule has 0 spiro atoms. The highest BCUT2D eigenvalue weighted by atomic mass is 35.5. The Morgan fingerprint density at radius 1 is 1.81 bits per heavy atom. The van der Waals surface area contributed by atoms with Crippen molar-refractivity contribution < 1.29 is 14.6 Å². The number of aromatic nitrogens is 1. The Balaban J connectivity index is 2.60. The number of aliphatic carboxylic acids is 1. The summed E-state index contributed by atoms with van der Waals surface area (Å²) in [6.45, 7) is 1.75. The van der Waals surface area contributed by atoms with E-state index in [0.29, 0.717) is 10.6 Å². The lowest BCUT2D eigenvalue weighted by Crippen LogP contribution is -2.50. The Kier molecular flexibility index (Phi) is 2.52. The van der Waals surface area contributed by atoms with Crippen LogP contribution in [0.5, 0.6) is 5.88 Å². The lowest BCUT2D eigenvalue weighted by Gasteiger charge is -2.34. The van der Waals surface area contributed by atoms with E-state index < -0.39 is 11.5 Å². The number of rotatable bonds is 1. The molecule has 16 heavy (non-hydrogen) atoms. The van der Waals surface area contributed by atoms with Crippen LogP contribution in [0.3, 0.4) is 0 Å². The molecule has 2 rings (SSSR count). The van der Waals surface area contributed by atoms with Gasteiger partial charge in [0, 0.05) is 18.2 Å². The molecule has 1 aromatic heterocycles. The third-order valence-corrected chi connectivity index (χ3v) is 2.81. The van der Waals surface area contributed by atoms with Crippen molar-refractivity contribution in [1.29, 1.82) is 0 Å². The molecule has 1 aliphatic heterocycles. The quantitative estimate of drug-likeness (QED) is 0.772. The van der Waals surface area contributed by atoms with Gasteiger partial charge in [0.1, 0.15) is 11.6 Å². The number of nitrogens with two attached hydrogens (primary N) is 1. The molecular weight excluding hydrogens is 232 g/mol. The van der Waals surface area contributed by atoms with E-state index in [2.05, 4.69) is 4.98 Å². The first-order valence-electron chi connectivity index (χ1n) is 4.78. The van der Waals surface area contributed by atoms with Crippen molar-refractivity contribution in [3.63, 3.8) is 0 Å². The van der Waals surface area contributed by atoms with Crippen molar-refractivity contribution in [1.82, 2.24) is 4.98 Å². The Bertz CT molecular complexity index is 452. The van der Waals surface area contributed by atoms with Gasteiger partial charge >= 0.3 is 5.97 Å². The summed E-state index contributed by atoms with van der Waals surface area (Å²) in [6.07, 6.45) is 1.31. The van der Waals surface area contributed by atoms with Crippen molar-refractivity contribution in [2.75, 3.05) is 0 Å². The smallest absolute Gasteiger partial charge is 0.328 e. The zero-order valence-electron chi connectivity index (χ0n) is 8.61. The third kappa shape index (κ3) is 1.62. The summed E-state index contributed by atoms with van der Waals surface area (Å²) in [6, 6.07) is 1.49. The number of hydrogen-bond donors (Lipinski definition) is 2. The van der Waals surface area contributed by atoms with Gasteiger partial charge in [-0.3, -0.25) is 0 Å². The molecule has 0 radical (unpaired) electrons. The summed E-state index contributed by atoms with van der Waals surface area (Å²) < 4.78 is 5.42. The number of carboxylic acid groups (broad SMARTS) is 1. The molecule has 2 unspecified atom stereocenters. The number of fused-ring (bicyclic) bond motifs is 1. The van der Waals surface area contributed by atoms with E-state index in [1.165, 1.54) is 12.3 Å². The first-order chi connectivity index (χ1) is 7.43. The number of ether oxygens (including phenoxy) is 1. The average molecular weight is 243 g/mol. The van der Waals surface area contributed by atoms with Crippen molar-refractivity contribution in [2.24, 2.45) is 5.73 Å². The maximum Gasteiger partial charge on any atom is 0.328 e. The van der Waals surface area contributed by atoms with E-state index >= 15 is 0 Å². The molecule has 0 saturated heterocycles.